The second-order valence-electron chi connectivity index (χ2n) is 7.42. The van der Waals surface area contributed by atoms with Gasteiger partial charge in [-0.2, -0.15) is 0 Å². The predicted octanol–water partition coefficient (Wildman–Crippen LogP) is 4.61. The van der Waals surface area contributed by atoms with Crippen molar-refractivity contribution in [1.82, 2.24) is 15.0 Å². The van der Waals surface area contributed by atoms with E-state index in [0.29, 0.717) is 5.13 Å². The van der Waals surface area contributed by atoms with Gasteiger partial charge in [0.1, 0.15) is 0 Å². The van der Waals surface area contributed by atoms with Gasteiger partial charge in [-0.1, -0.05) is 59.3 Å². The molecule has 4 rings (SSSR count). The molecule has 164 valence electrons. The lowest BCUT2D eigenvalue weighted by Gasteiger charge is -2.20. The molecule has 0 unspecified atom stereocenters. The molecule has 4 aromatic rings. The minimum Gasteiger partial charge on any atom is -0.278 e. The standard InChI is InChI=1S/C22H19ClN4O3S2/c1-13-9-14(2)18-17(10-13)31-22(26-18)27(12-15-7-5-4-6-8-15)20(28)19-16(23)11-24-21(25-19)32(3,29)30/h4-11H,12H2,1-3H3. The number of carbonyl (C=O) groups is 1. The maximum atomic E-state index is 13.6. The highest BCUT2D eigenvalue weighted by Gasteiger charge is 2.27. The minimum atomic E-state index is -3.72. The summed E-state index contributed by atoms with van der Waals surface area (Å²) in [7, 11) is -3.72. The highest BCUT2D eigenvalue weighted by atomic mass is 35.5. The van der Waals surface area contributed by atoms with Gasteiger partial charge in [0.2, 0.25) is 15.0 Å². The third kappa shape index (κ3) is 4.50. The fourth-order valence-electron chi connectivity index (χ4n) is 3.27. The summed E-state index contributed by atoms with van der Waals surface area (Å²) in [4.78, 5) is 27.5. The quantitative estimate of drug-likeness (QED) is 0.382. The van der Waals surface area contributed by atoms with Gasteiger partial charge < -0.3 is 0 Å². The first kappa shape index (κ1) is 22.3. The molecule has 2 heterocycles. The number of hydrogen-bond acceptors (Lipinski definition) is 7. The number of aryl methyl sites for hydroxylation is 2. The Morgan fingerprint density at radius 1 is 1.12 bits per heavy atom. The van der Waals surface area contributed by atoms with E-state index in [1.54, 1.807) is 0 Å². The number of thiazole rings is 1. The van der Waals surface area contributed by atoms with Crippen molar-refractivity contribution in [1.29, 1.82) is 0 Å². The molecule has 0 aliphatic carbocycles. The molecule has 2 aromatic carbocycles. The van der Waals surface area contributed by atoms with E-state index in [4.69, 9.17) is 16.6 Å². The van der Waals surface area contributed by atoms with E-state index in [9.17, 15) is 13.2 Å². The largest absolute Gasteiger partial charge is 0.280 e. The zero-order valence-corrected chi connectivity index (χ0v) is 19.9. The fraction of sp³-hybridized carbons (Fsp3) is 0.182. The summed E-state index contributed by atoms with van der Waals surface area (Å²) in [6, 6.07) is 13.5. The van der Waals surface area contributed by atoms with Crippen molar-refractivity contribution in [2.75, 3.05) is 11.2 Å². The average molecular weight is 487 g/mol. The summed E-state index contributed by atoms with van der Waals surface area (Å²) in [6.45, 7) is 4.19. The van der Waals surface area contributed by atoms with Crippen LogP contribution in [0.2, 0.25) is 5.02 Å². The second-order valence-corrected chi connectivity index (χ2v) is 10.7. The number of hydrogen-bond donors (Lipinski definition) is 0. The third-order valence-corrected chi connectivity index (χ3v) is 6.90. The number of benzene rings is 2. The Kier molecular flexibility index (Phi) is 5.98. The van der Waals surface area contributed by atoms with Crippen molar-refractivity contribution in [2.24, 2.45) is 0 Å². The Morgan fingerprint density at radius 3 is 2.53 bits per heavy atom. The Morgan fingerprint density at radius 2 is 1.84 bits per heavy atom. The number of nitrogens with zero attached hydrogens (tertiary/aromatic N) is 4. The van der Waals surface area contributed by atoms with E-state index in [0.717, 1.165) is 39.4 Å². The zero-order valence-electron chi connectivity index (χ0n) is 17.5. The highest BCUT2D eigenvalue weighted by molar-refractivity contribution is 7.90. The number of halogens is 1. The van der Waals surface area contributed by atoms with Gasteiger partial charge >= 0.3 is 0 Å². The molecule has 0 radical (unpaired) electrons. The van der Waals surface area contributed by atoms with Gasteiger partial charge in [-0.15, -0.1) is 0 Å². The number of carbonyl (C=O) groups excluding carboxylic acids is 1. The highest BCUT2D eigenvalue weighted by Crippen LogP contribution is 2.33. The van der Waals surface area contributed by atoms with Crippen LogP contribution in [0.15, 0.2) is 53.8 Å². The van der Waals surface area contributed by atoms with E-state index >= 15 is 0 Å². The molecule has 0 spiro atoms. The predicted molar refractivity (Wildman–Crippen MR) is 126 cm³/mol. The van der Waals surface area contributed by atoms with Crippen molar-refractivity contribution in [3.8, 4) is 0 Å². The zero-order chi connectivity index (χ0) is 23.0. The van der Waals surface area contributed by atoms with Crippen LogP contribution in [0.25, 0.3) is 10.2 Å². The van der Waals surface area contributed by atoms with Crippen LogP contribution in [0, 0.1) is 13.8 Å². The van der Waals surface area contributed by atoms with Crippen molar-refractivity contribution in [3.05, 3.63) is 76.1 Å². The summed E-state index contributed by atoms with van der Waals surface area (Å²) in [5.41, 5.74) is 3.61. The molecule has 32 heavy (non-hydrogen) atoms. The molecular formula is C22H19ClN4O3S2. The average Bonchev–Trinajstić information content (AvgIpc) is 3.16. The molecule has 0 saturated carbocycles. The Labute approximate surface area is 194 Å². The summed E-state index contributed by atoms with van der Waals surface area (Å²) < 4.78 is 24.8. The molecule has 10 heteroatoms. The molecule has 0 bridgehead atoms. The van der Waals surface area contributed by atoms with Crippen molar-refractivity contribution in [3.63, 3.8) is 0 Å². The molecule has 7 nitrogen and oxygen atoms in total. The van der Waals surface area contributed by atoms with E-state index in [-0.39, 0.29) is 17.3 Å². The number of amides is 1. The first-order chi connectivity index (χ1) is 15.1. The van der Waals surface area contributed by atoms with Gasteiger partial charge in [0, 0.05) is 6.26 Å². The fourth-order valence-corrected chi connectivity index (χ4v) is 5.09. The Hall–Kier alpha value is -2.88. The third-order valence-electron chi connectivity index (χ3n) is 4.73. The molecule has 0 N–H and O–H groups in total. The second kappa shape index (κ2) is 8.57. The number of fused-ring (bicyclic) bond motifs is 1. The minimum absolute atomic E-state index is 0.0337. The first-order valence-corrected chi connectivity index (χ1v) is 12.7. The first-order valence-electron chi connectivity index (χ1n) is 9.59. The SMILES string of the molecule is Cc1cc(C)c2nc(N(Cc3ccccc3)C(=O)c3nc(S(C)(=O)=O)ncc3Cl)sc2c1. The van der Waals surface area contributed by atoms with Crippen LogP contribution in [0.3, 0.4) is 0 Å². The van der Waals surface area contributed by atoms with E-state index in [1.807, 2.05) is 56.3 Å². The summed E-state index contributed by atoms with van der Waals surface area (Å²) in [5, 5.41) is -0.0209. The van der Waals surface area contributed by atoms with Crippen LogP contribution < -0.4 is 4.90 Å². The normalized spacial score (nSPS) is 11.6. The lowest BCUT2D eigenvalue weighted by molar-refractivity contribution is 0.0979. The van der Waals surface area contributed by atoms with Gasteiger partial charge in [-0.05, 0) is 36.6 Å². The lowest BCUT2D eigenvalue weighted by atomic mass is 10.1. The molecule has 0 saturated heterocycles. The van der Waals surface area contributed by atoms with Crippen LogP contribution >= 0.6 is 22.9 Å². The van der Waals surface area contributed by atoms with Crippen LogP contribution in [-0.2, 0) is 16.4 Å². The van der Waals surface area contributed by atoms with E-state index < -0.39 is 20.9 Å². The van der Waals surface area contributed by atoms with Crippen molar-refractivity contribution < 1.29 is 13.2 Å². The molecule has 2 aromatic heterocycles. The molecular weight excluding hydrogens is 468 g/mol. The molecule has 0 fully saturated rings. The summed E-state index contributed by atoms with van der Waals surface area (Å²) >= 11 is 7.60. The van der Waals surface area contributed by atoms with E-state index in [1.165, 1.54) is 16.2 Å². The van der Waals surface area contributed by atoms with Crippen LogP contribution in [0.5, 0.6) is 0 Å². The topological polar surface area (TPSA) is 93.1 Å². The number of sulfone groups is 1. The van der Waals surface area contributed by atoms with Crippen LogP contribution in [0.1, 0.15) is 27.2 Å². The van der Waals surface area contributed by atoms with Gasteiger partial charge in [0.15, 0.2) is 10.8 Å². The summed E-state index contributed by atoms with van der Waals surface area (Å²) in [6.07, 6.45) is 2.11. The van der Waals surface area contributed by atoms with Crippen LogP contribution in [0.4, 0.5) is 5.13 Å². The van der Waals surface area contributed by atoms with Crippen molar-refractivity contribution in [2.45, 2.75) is 25.5 Å². The molecule has 1 amide bonds. The van der Waals surface area contributed by atoms with Gasteiger partial charge in [-0.3, -0.25) is 9.69 Å². The number of rotatable bonds is 5. The molecule has 0 aliphatic rings. The van der Waals surface area contributed by atoms with Gasteiger partial charge in [-0.25, -0.2) is 23.4 Å². The number of aromatic nitrogens is 3. The van der Waals surface area contributed by atoms with Gasteiger partial charge in [0.25, 0.3) is 5.91 Å². The van der Waals surface area contributed by atoms with Gasteiger partial charge in [0.05, 0.1) is 28.0 Å². The summed E-state index contributed by atoms with van der Waals surface area (Å²) in [5.74, 6) is -0.556. The van der Waals surface area contributed by atoms with E-state index in [2.05, 4.69) is 9.97 Å². The Balaban J connectivity index is 1.85. The van der Waals surface area contributed by atoms with Crippen LogP contribution in [-0.4, -0.2) is 35.5 Å². The molecule has 0 aliphatic heterocycles. The monoisotopic (exact) mass is 486 g/mol. The lowest BCUT2D eigenvalue weighted by Crippen LogP contribution is -2.31. The Bertz CT molecular complexity index is 1440. The maximum absolute atomic E-state index is 13.6. The van der Waals surface area contributed by atoms with Crippen molar-refractivity contribution >= 4 is 54.0 Å². The smallest absolute Gasteiger partial charge is 0.278 e. The maximum Gasteiger partial charge on any atom is 0.280 e. The molecule has 0 atom stereocenters. The number of anilines is 1.